The van der Waals surface area contributed by atoms with E-state index in [4.69, 9.17) is 12.2 Å². The average Bonchev–Trinajstić information content (AvgIpc) is 2.43. The number of halogens is 1. The van der Waals surface area contributed by atoms with Gasteiger partial charge in [-0.05, 0) is 30.8 Å². The number of hydrogen-bond acceptors (Lipinski definition) is 2. The van der Waals surface area contributed by atoms with Gasteiger partial charge < -0.3 is 5.32 Å². The molecule has 1 aromatic rings. The maximum atomic E-state index is 13.4. The summed E-state index contributed by atoms with van der Waals surface area (Å²) in [6, 6.07) is 5.83. The van der Waals surface area contributed by atoms with Gasteiger partial charge in [0.1, 0.15) is 5.82 Å². The SMILES string of the molecule is CCCCCCCNC(=S)NC(=O)c1ccccc1F. The number of carbonyl (C=O) groups excluding carboxylic acids is 1. The second kappa shape index (κ2) is 9.42. The van der Waals surface area contributed by atoms with Crippen LogP contribution in [0.4, 0.5) is 4.39 Å². The molecule has 0 fully saturated rings. The van der Waals surface area contributed by atoms with Crippen LogP contribution in [0.2, 0.25) is 0 Å². The Morgan fingerprint density at radius 3 is 2.60 bits per heavy atom. The average molecular weight is 296 g/mol. The van der Waals surface area contributed by atoms with E-state index in [-0.39, 0.29) is 10.7 Å². The zero-order chi connectivity index (χ0) is 14.8. The summed E-state index contributed by atoms with van der Waals surface area (Å²) in [5.41, 5.74) is -0.000374. The maximum Gasteiger partial charge on any atom is 0.260 e. The molecule has 0 heterocycles. The Hall–Kier alpha value is -1.49. The molecule has 110 valence electrons. The molecule has 0 radical (unpaired) electrons. The van der Waals surface area contributed by atoms with Crippen molar-refractivity contribution in [3.05, 3.63) is 35.6 Å². The van der Waals surface area contributed by atoms with Gasteiger partial charge in [-0.1, -0.05) is 44.7 Å². The second-order valence-corrected chi connectivity index (χ2v) is 5.01. The van der Waals surface area contributed by atoms with Gasteiger partial charge in [-0.3, -0.25) is 10.1 Å². The first-order valence-corrected chi connectivity index (χ1v) is 7.39. The Balaban J connectivity index is 2.25. The smallest absolute Gasteiger partial charge is 0.260 e. The van der Waals surface area contributed by atoms with Crippen molar-refractivity contribution in [3.8, 4) is 0 Å². The predicted octanol–water partition coefficient (Wildman–Crippen LogP) is 3.40. The number of carbonyl (C=O) groups is 1. The zero-order valence-electron chi connectivity index (χ0n) is 11.7. The molecule has 20 heavy (non-hydrogen) atoms. The van der Waals surface area contributed by atoms with E-state index in [1.807, 2.05) is 0 Å². The van der Waals surface area contributed by atoms with E-state index < -0.39 is 11.7 Å². The standard InChI is InChI=1S/C15H21FN2OS/c1-2-3-4-5-8-11-17-15(20)18-14(19)12-9-6-7-10-13(12)16/h6-7,9-10H,2-5,8,11H2,1H3,(H2,17,18,19,20). The molecule has 0 aliphatic rings. The van der Waals surface area contributed by atoms with Crippen molar-refractivity contribution in [1.82, 2.24) is 10.6 Å². The van der Waals surface area contributed by atoms with Crippen LogP contribution in [0.3, 0.4) is 0 Å². The van der Waals surface area contributed by atoms with Crippen LogP contribution in [-0.4, -0.2) is 17.6 Å². The van der Waals surface area contributed by atoms with Crippen LogP contribution >= 0.6 is 12.2 Å². The van der Waals surface area contributed by atoms with E-state index in [0.717, 1.165) is 19.4 Å². The molecule has 0 aliphatic heterocycles. The topological polar surface area (TPSA) is 41.1 Å². The highest BCUT2D eigenvalue weighted by molar-refractivity contribution is 7.80. The lowest BCUT2D eigenvalue weighted by atomic mass is 10.1. The van der Waals surface area contributed by atoms with E-state index in [0.29, 0.717) is 0 Å². The number of hydrogen-bond donors (Lipinski definition) is 2. The Morgan fingerprint density at radius 2 is 1.90 bits per heavy atom. The summed E-state index contributed by atoms with van der Waals surface area (Å²) < 4.78 is 13.4. The van der Waals surface area contributed by atoms with Crippen LogP contribution in [0.25, 0.3) is 0 Å². The summed E-state index contributed by atoms with van der Waals surface area (Å²) >= 11 is 5.01. The summed E-state index contributed by atoms with van der Waals surface area (Å²) in [7, 11) is 0. The highest BCUT2D eigenvalue weighted by atomic mass is 32.1. The summed E-state index contributed by atoms with van der Waals surface area (Å²) in [5, 5.41) is 5.68. The predicted molar refractivity (Wildman–Crippen MR) is 83.2 cm³/mol. The minimum atomic E-state index is -0.549. The molecule has 1 aromatic carbocycles. The largest absolute Gasteiger partial charge is 0.362 e. The summed E-state index contributed by atoms with van der Waals surface area (Å²) in [6.45, 7) is 2.89. The van der Waals surface area contributed by atoms with Crippen molar-refractivity contribution in [3.63, 3.8) is 0 Å². The van der Waals surface area contributed by atoms with Crippen molar-refractivity contribution in [1.29, 1.82) is 0 Å². The number of unbranched alkanes of at least 4 members (excludes halogenated alkanes) is 4. The normalized spacial score (nSPS) is 10.1. The van der Waals surface area contributed by atoms with Gasteiger partial charge in [0.15, 0.2) is 5.11 Å². The Labute approximate surface area is 125 Å². The van der Waals surface area contributed by atoms with Gasteiger partial charge in [-0.25, -0.2) is 4.39 Å². The van der Waals surface area contributed by atoms with Gasteiger partial charge in [-0.2, -0.15) is 0 Å². The molecule has 0 saturated carbocycles. The molecular weight excluding hydrogens is 275 g/mol. The van der Waals surface area contributed by atoms with Crippen LogP contribution in [0.15, 0.2) is 24.3 Å². The molecule has 3 nitrogen and oxygen atoms in total. The Kier molecular flexibility index (Phi) is 7.80. The number of benzene rings is 1. The van der Waals surface area contributed by atoms with Crippen molar-refractivity contribution >= 4 is 23.2 Å². The highest BCUT2D eigenvalue weighted by Gasteiger charge is 2.11. The van der Waals surface area contributed by atoms with Crippen LogP contribution in [0.5, 0.6) is 0 Å². The third-order valence-corrected chi connectivity index (χ3v) is 3.16. The van der Waals surface area contributed by atoms with Crippen LogP contribution in [0.1, 0.15) is 49.4 Å². The second-order valence-electron chi connectivity index (χ2n) is 4.60. The van der Waals surface area contributed by atoms with E-state index >= 15 is 0 Å². The number of amides is 1. The number of rotatable bonds is 7. The summed E-state index contributed by atoms with van der Waals surface area (Å²) in [5.74, 6) is -1.07. The molecule has 0 saturated heterocycles. The molecule has 5 heteroatoms. The van der Waals surface area contributed by atoms with Crippen LogP contribution in [-0.2, 0) is 0 Å². The lowest BCUT2D eigenvalue weighted by Crippen LogP contribution is -2.39. The van der Waals surface area contributed by atoms with Crippen molar-refractivity contribution in [2.24, 2.45) is 0 Å². The molecule has 0 bridgehead atoms. The summed E-state index contributed by atoms with van der Waals surface area (Å²) in [4.78, 5) is 11.8. The fourth-order valence-corrected chi connectivity index (χ4v) is 1.99. The van der Waals surface area contributed by atoms with Crippen LogP contribution in [0, 0.1) is 5.82 Å². The van der Waals surface area contributed by atoms with E-state index in [1.165, 1.54) is 31.4 Å². The van der Waals surface area contributed by atoms with Crippen molar-refractivity contribution < 1.29 is 9.18 Å². The summed E-state index contributed by atoms with van der Waals surface area (Å²) in [6.07, 6.45) is 5.83. The molecule has 1 amide bonds. The molecule has 0 unspecified atom stereocenters. The van der Waals surface area contributed by atoms with Gasteiger partial charge in [0.25, 0.3) is 5.91 Å². The molecule has 0 aliphatic carbocycles. The monoisotopic (exact) mass is 296 g/mol. The fourth-order valence-electron chi connectivity index (χ4n) is 1.79. The third kappa shape index (κ3) is 6.10. The minimum Gasteiger partial charge on any atom is -0.362 e. The van der Waals surface area contributed by atoms with Gasteiger partial charge in [0.05, 0.1) is 5.56 Å². The molecule has 2 N–H and O–H groups in total. The maximum absolute atomic E-state index is 13.4. The van der Waals surface area contributed by atoms with E-state index in [1.54, 1.807) is 12.1 Å². The van der Waals surface area contributed by atoms with E-state index in [9.17, 15) is 9.18 Å². The van der Waals surface area contributed by atoms with Gasteiger partial charge in [0, 0.05) is 6.54 Å². The molecule has 0 spiro atoms. The third-order valence-electron chi connectivity index (χ3n) is 2.91. The Morgan fingerprint density at radius 1 is 1.20 bits per heavy atom. The lowest BCUT2D eigenvalue weighted by molar-refractivity contribution is 0.0973. The number of thiocarbonyl (C=S) groups is 1. The van der Waals surface area contributed by atoms with Gasteiger partial charge in [-0.15, -0.1) is 0 Å². The molecule has 0 atom stereocenters. The van der Waals surface area contributed by atoms with Gasteiger partial charge >= 0.3 is 0 Å². The lowest BCUT2D eigenvalue weighted by Gasteiger charge is -2.09. The Bertz CT molecular complexity index is 451. The van der Waals surface area contributed by atoms with Crippen LogP contribution < -0.4 is 10.6 Å². The fraction of sp³-hybridized carbons (Fsp3) is 0.467. The first-order chi connectivity index (χ1) is 9.65. The van der Waals surface area contributed by atoms with Crippen molar-refractivity contribution in [2.45, 2.75) is 39.0 Å². The number of nitrogens with one attached hydrogen (secondary N) is 2. The first kappa shape index (κ1) is 16.6. The zero-order valence-corrected chi connectivity index (χ0v) is 12.6. The molecule has 1 rings (SSSR count). The quantitative estimate of drug-likeness (QED) is 0.598. The molecular formula is C15H21FN2OS. The molecule has 0 aromatic heterocycles. The van der Waals surface area contributed by atoms with E-state index in [2.05, 4.69) is 17.6 Å². The van der Waals surface area contributed by atoms with Gasteiger partial charge in [0.2, 0.25) is 0 Å². The van der Waals surface area contributed by atoms with Crippen molar-refractivity contribution in [2.75, 3.05) is 6.54 Å². The minimum absolute atomic E-state index is 0.000374. The highest BCUT2D eigenvalue weighted by Crippen LogP contribution is 2.05. The first-order valence-electron chi connectivity index (χ1n) is 6.99.